The van der Waals surface area contributed by atoms with Crippen molar-refractivity contribution in [3.8, 4) is 5.75 Å². The van der Waals surface area contributed by atoms with Gasteiger partial charge in [0.2, 0.25) is 10.0 Å². The van der Waals surface area contributed by atoms with Gasteiger partial charge in [-0.25, -0.2) is 13.1 Å². The van der Waals surface area contributed by atoms with Crippen molar-refractivity contribution in [3.63, 3.8) is 0 Å². The third-order valence-electron chi connectivity index (χ3n) is 6.53. The molecule has 6 nitrogen and oxygen atoms in total. The molecular formula is C23H26N2O4S2. The number of nitrogens with one attached hydrogen (secondary N) is 1. The first-order chi connectivity index (χ1) is 14.9. The molecule has 1 N–H and O–H groups in total. The fourth-order valence-corrected chi connectivity index (χ4v) is 7.30. The van der Waals surface area contributed by atoms with E-state index in [1.165, 1.54) is 6.42 Å². The summed E-state index contributed by atoms with van der Waals surface area (Å²) >= 11 is 1.08. The van der Waals surface area contributed by atoms with Gasteiger partial charge in [0.25, 0.3) is 0 Å². The highest BCUT2D eigenvalue weighted by atomic mass is 32.2. The average molecular weight is 459 g/mol. The van der Waals surface area contributed by atoms with E-state index < -0.39 is 10.0 Å². The molecule has 2 aromatic carbocycles. The normalized spacial score (nSPS) is 20.5. The lowest BCUT2D eigenvalue weighted by molar-refractivity contribution is 0.0000754. The first-order valence-corrected chi connectivity index (χ1v) is 13.1. The number of hydrogen-bond donors (Lipinski definition) is 1. The molecule has 2 heterocycles. The summed E-state index contributed by atoms with van der Waals surface area (Å²) in [5, 5.41) is 0. The number of fused-ring (bicyclic) bond motifs is 2. The Morgan fingerprint density at radius 2 is 1.94 bits per heavy atom. The van der Waals surface area contributed by atoms with E-state index in [4.69, 9.17) is 4.74 Å². The smallest absolute Gasteiger partial charge is 0.308 e. The topological polar surface area (TPSA) is 77.4 Å². The predicted molar refractivity (Wildman–Crippen MR) is 122 cm³/mol. The van der Waals surface area contributed by atoms with Gasteiger partial charge in [-0.15, -0.1) is 0 Å². The molecule has 3 aromatic rings. The predicted octanol–water partition coefficient (Wildman–Crippen LogP) is 4.59. The first kappa shape index (κ1) is 20.7. The van der Waals surface area contributed by atoms with Gasteiger partial charge in [-0.1, -0.05) is 36.0 Å². The summed E-state index contributed by atoms with van der Waals surface area (Å²) in [4.78, 5) is 12.3. The summed E-state index contributed by atoms with van der Waals surface area (Å²) in [5.74, 6) is 0.775. The Balaban J connectivity index is 1.50. The number of hydrogen-bond acceptors (Lipinski definition) is 5. The summed E-state index contributed by atoms with van der Waals surface area (Å²) in [7, 11) is -3.77. The first-order valence-electron chi connectivity index (χ1n) is 10.8. The molecule has 31 heavy (non-hydrogen) atoms. The molecule has 0 radical (unpaired) electrons. The SMILES string of the molecule is CCn1c(=O)sc2cc(S(=O)(=O)NC3CC4(CCCCC4)Oc4ccccc43)ccc21. The largest absolute Gasteiger partial charge is 0.487 e. The van der Waals surface area contributed by atoms with Crippen LogP contribution in [0.5, 0.6) is 5.75 Å². The fraction of sp³-hybridized carbons (Fsp3) is 0.435. The van der Waals surface area contributed by atoms with Gasteiger partial charge in [0.1, 0.15) is 11.4 Å². The van der Waals surface area contributed by atoms with Crippen molar-refractivity contribution >= 4 is 31.6 Å². The number of benzene rings is 2. The number of ether oxygens (including phenoxy) is 1. The van der Waals surface area contributed by atoms with Crippen molar-refractivity contribution in [2.24, 2.45) is 0 Å². The Morgan fingerprint density at radius 1 is 1.16 bits per heavy atom. The highest BCUT2D eigenvalue weighted by molar-refractivity contribution is 7.89. The third kappa shape index (κ3) is 3.70. The summed E-state index contributed by atoms with van der Waals surface area (Å²) in [6.07, 6.45) is 5.93. The Labute approximate surface area is 185 Å². The molecule has 1 unspecified atom stereocenters. The summed E-state index contributed by atoms with van der Waals surface area (Å²) in [5.41, 5.74) is 1.35. The molecule has 1 atom stereocenters. The lowest BCUT2D eigenvalue weighted by atomic mass is 9.77. The Morgan fingerprint density at radius 3 is 2.71 bits per heavy atom. The molecule has 1 aliphatic carbocycles. The number of sulfonamides is 1. The molecule has 2 aliphatic rings. The quantitative estimate of drug-likeness (QED) is 0.620. The van der Waals surface area contributed by atoms with Gasteiger partial charge in [-0.3, -0.25) is 9.36 Å². The van der Waals surface area contributed by atoms with Crippen LogP contribution in [-0.2, 0) is 16.6 Å². The second-order valence-corrected chi connectivity index (χ2v) is 11.2. The number of rotatable bonds is 4. The molecule has 0 bridgehead atoms. The zero-order valence-electron chi connectivity index (χ0n) is 17.5. The number of aromatic nitrogens is 1. The van der Waals surface area contributed by atoms with Crippen LogP contribution in [0.3, 0.4) is 0 Å². The van der Waals surface area contributed by atoms with Crippen LogP contribution >= 0.6 is 11.3 Å². The van der Waals surface area contributed by atoms with Crippen LogP contribution in [0, 0.1) is 0 Å². The van der Waals surface area contributed by atoms with Gasteiger partial charge in [0, 0.05) is 18.5 Å². The molecule has 1 aromatic heterocycles. The van der Waals surface area contributed by atoms with E-state index in [-0.39, 0.29) is 21.4 Å². The maximum Gasteiger partial charge on any atom is 0.308 e. The summed E-state index contributed by atoms with van der Waals surface area (Å²) < 4.78 is 38.4. The van der Waals surface area contributed by atoms with Gasteiger partial charge in [-0.05, 0) is 56.9 Å². The van der Waals surface area contributed by atoms with E-state index in [2.05, 4.69) is 4.72 Å². The molecular weight excluding hydrogens is 432 g/mol. The van der Waals surface area contributed by atoms with E-state index in [1.54, 1.807) is 22.8 Å². The van der Waals surface area contributed by atoms with Crippen LogP contribution in [0.1, 0.15) is 57.1 Å². The summed E-state index contributed by atoms with van der Waals surface area (Å²) in [6, 6.07) is 12.3. The minimum Gasteiger partial charge on any atom is -0.487 e. The van der Waals surface area contributed by atoms with Crippen LogP contribution in [0.4, 0.5) is 0 Å². The molecule has 1 aliphatic heterocycles. The molecule has 1 saturated carbocycles. The van der Waals surface area contributed by atoms with Gasteiger partial charge in [-0.2, -0.15) is 0 Å². The zero-order valence-corrected chi connectivity index (χ0v) is 19.1. The Hall–Kier alpha value is -2.16. The number of thiazole rings is 1. The van der Waals surface area contributed by atoms with Crippen LogP contribution in [0.25, 0.3) is 10.2 Å². The van der Waals surface area contributed by atoms with Crippen molar-refractivity contribution in [2.75, 3.05) is 0 Å². The lowest BCUT2D eigenvalue weighted by Gasteiger charge is -2.44. The highest BCUT2D eigenvalue weighted by Crippen LogP contribution is 2.46. The van der Waals surface area contributed by atoms with Gasteiger partial charge in [0.05, 0.1) is 21.2 Å². The van der Waals surface area contributed by atoms with Crippen molar-refractivity contribution in [3.05, 3.63) is 57.7 Å². The highest BCUT2D eigenvalue weighted by Gasteiger charge is 2.42. The average Bonchev–Trinajstić information content (AvgIpc) is 3.08. The second-order valence-electron chi connectivity index (χ2n) is 8.50. The second kappa shape index (κ2) is 7.76. The van der Waals surface area contributed by atoms with E-state index in [9.17, 15) is 13.2 Å². The molecule has 0 amide bonds. The van der Waals surface area contributed by atoms with Gasteiger partial charge >= 0.3 is 4.87 Å². The molecule has 8 heteroatoms. The van der Waals surface area contributed by atoms with Crippen molar-refractivity contribution in [1.82, 2.24) is 9.29 Å². The third-order valence-corrected chi connectivity index (χ3v) is 8.94. The standard InChI is InChI=1S/C23H26N2O4S2/c1-2-25-19-11-10-16(14-21(19)30-22(25)26)31(27,28)24-18-15-23(12-6-3-7-13-23)29-20-9-5-4-8-17(18)20/h4-5,8-11,14,18,24H,2-3,6-7,12-13,15H2,1H3. The Bertz CT molecular complexity index is 1290. The van der Waals surface area contributed by atoms with E-state index in [0.717, 1.165) is 53.8 Å². The minimum atomic E-state index is -3.77. The van der Waals surface area contributed by atoms with E-state index in [1.807, 2.05) is 31.2 Å². The van der Waals surface area contributed by atoms with Gasteiger partial charge < -0.3 is 4.74 Å². The van der Waals surface area contributed by atoms with Crippen molar-refractivity contribution in [1.29, 1.82) is 0 Å². The maximum absolute atomic E-state index is 13.4. The van der Waals surface area contributed by atoms with Crippen LogP contribution in [-0.4, -0.2) is 18.6 Å². The molecule has 1 spiro atoms. The molecule has 0 saturated heterocycles. The van der Waals surface area contributed by atoms with Crippen LogP contribution < -0.4 is 14.3 Å². The van der Waals surface area contributed by atoms with Crippen LogP contribution in [0.2, 0.25) is 0 Å². The lowest BCUT2D eigenvalue weighted by Crippen LogP contribution is -2.46. The fourth-order valence-electron chi connectivity index (χ4n) is 4.99. The zero-order chi connectivity index (χ0) is 21.6. The van der Waals surface area contributed by atoms with E-state index in [0.29, 0.717) is 17.7 Å². The number of para-hydroxylation sites is 1. The molecule has 5 rings (SSSR count). The molecule has 164 valence electrons. The summed E-state index contributed by atoms with van der Waals surface area (Å²) in [6.45, 7) is 2.47. The Kier molecular flexibility index (Phi) is 5.19. The number of aryl methyl sites for hydroxylation is 1. The number of nitrogens with zero attached hydrogens (tertiary/aromatic N) is 1. The van der Waals surface area contributed by atoms with Gasteiger partial charge in [0.15, 0.2) is 0 Å². The van der Waals surface area contributed by atoms with E-state index >= 15 is 0 Å². The molecule has 1 fully saturated rings. The van der Waals surface area contributed by atoms with Crippen molar-refractivity contribution in [2.45, 2.75) is 68.5 Å². The minimum absolute atomic E-state index is 0.0717. The monoisotopic (exact) mass is 458 g/mol. The van der Waals surface area contributed by atoms with Crippen molar-refractivity contribution < 1.29 is 13.2 Å². The van der Waals surface area contributed by atoms with Crippen LogP contribution in [0.15, 0.2) is 52.2 Å². The maximum atomic E-state index is 13.4.